The van der Waals surface area contributed by atoms with E-state index in [0.717, 1.165) is 38.5 Å². The molecule has 0 saturated carbocycles. The van der Waals surface area contributed by atoms with Crippen LogP contribution >= 0.6 is 0 Å². The molecule has 134 valence electrons. The molecule has 0 aromatic carbocycles. The minimum atomic E-state index is -0.696. The van der Waals surface area contributed by atoms with Crippen LogP contribution < -0.4 is 0 Å². The predicted molar refractivity (Wildman–Crippen MR) is 99.0 cm³/mol. The summed E-state index contributed by atoms with van der Waals surface area (Å²) < 4.78 is 5.07. The van der Waals surface area contributed by atoms with Crippen LogP contribution in [0.15, 0.2) is 46.3 Å². The van der Waals surface area contributed by atoms with Crippen LogP contribution in [0.2, 0.25) is 0 Å². The van der Waals surface area contributed by atoms with Gasteiger partial charge in [-0.05, 0) is 76.3 Å². The molecule has 1 heterocycles. The lowest BCUT2D eigenvalue weighted by Gasteiger charge is -2.07. The van der Waals surface area contributed by atoms with Gasteiger partial charge in [0.25, 0.3) is 0 Å². The van der Waals surface area contributed by atoms with E-state index in [0.29, 0.717) is 0 Å². The number of allylic oxidation sites excluding steroid dienone is 4. The van der Waals surface area contributed by atoms with Crippen LogP contribution in [-0.4, -0.2) is 11.1 Å². The fraction of sp³-hybridized carbons (Fsp3) is 0.571. The fourth-order valence-corrected chi connectivity index (χ4v) is 2.78. The van der Waals surface area contributed by atoms with Gasteiger partial charge >= 0.3 is 5.97 Å². The van der Waals surface area contributed by atoms with Crippen LogP contribution in [0.1, 0.15) is 71.3 Å². The Morgan fingerprint density at radius 2 is 1.88 bits per heavy atom. The van der Waals surface area contributed by atoms with Gasteiger partial charge in [0.2, 0.25) is 0 Å². The maximum atomic E-state index is 10.6. The Hall–Kier alpha value is -1.77. The molecule has 0 bridgehead atoms. The molecule has 0 spiro atoms. The average Bonchev–Trinajstić information content (AvgIpc) is 2.99. The first-order valence-corrected chi connectivity index (χ1v) is 9.01. The number of rotatable bonds is 12. The van der Waals surface area contributed by atoms with Crippen molar-refractivity contribution in [2.24, 2.45) is 5.92 Å². The number of hydrogen-bond donors (Lipinski definition) is 1. The first-order chi connectivity index (χ1) is 11.5. The van der Waals surface area contributed by atoms with Crippen molar-refractivity contribution in [1.29, 1.82) is 0 Å². The van der Waals surface area contributed by atoms with Crippen LogP contribution in [0.3, 0.4) is 0 Å². The minimum Gasteiger partial charge on any atom is -0.481 e. The number of carboxylic acids is 1. The first-order valence-electron chi connectivity index (χ1n) is 9.01. The Balaban J connectivity index is 2.13. The van der Waals surface area contributed by atoms with E-state index in [4.69, 9.17) is 9.52 Å². The highest BCUT2D eigenvalue weighted by Gasteiger charge is 2.06. The molecular formula is C21H32O3. The van der Waals surface area contributed by atoms with Crippen molar-refractivity contribution in [2.45, 2.75) is 72.1 Å². The third-order valence-corrected chi connectivity index (χ3v) is 4.32. The van der Waals surface area contributed by atoms with Gasteiger partial charge in [-0.2, -0.15) is 0 Å². The van der Waals surface area contributed by atoms with Crippen molar-refractivity contribution < 1.29 is 14.3 Å². The Kier molecular flexibility index (Phi) is 9.90. The summed E-state index contributed by atoms with van der Waals surface area (Å²) in [4.78, 5) is 10.6. The zero-order chi connectivity index (χ0) is 17.8. The van der Waals surface area contributed by atoms with Crippen molar-refractivity contribution in [3.63, 3.8) is 0 Å². The van der Waals surface area contributed by atoms with E-state index in [1.54, 1.807) is 6.26 Å². The van der Waals surface area contributed by atoms with Crippen LogP contribution in [0, 0.1) is 5.92 Å². The van der Waals surface area contributed by atoms with Crippen LogP contribution in [0.5, 0.6) is 0 Å². The highest BCUT2D eigenvalue weighted by Crippen LogP contribution is 2.16. The Morgan fingerprint density at radius 3 is 2.46 bits per heavy atom. The summed E-state index contributed by atoms with van der Waals surface area (Å²) in [5.41, 5.74) is 4.14. The molecular weight excluding hydrogens is 300 g/mol. The molecule has 0 aliphatic rings. The summed E-state index contributed by atoms with van der Waals surface area (Å²) in [7, 11) is 0. The number of carboxylic acid groups (broad SMARTS) is 1. The zero-order valence-electron chi connectivity index (χ0n) is 15.4. The largest absolute Gasteiger partial charge is 0.481 e. The summed E-state index contributed by atoms with van der Waals surface area (Å²) in [6.45, 7) is 6.40. The number of carbonyl (C=O) groups is 1. The van der Waals surface area contributed by atoms with Gasteiger partial charge in [0.15, 0.2) is 0 Å². The monoisotopic (exact) mass is 332 g/mol. The molecule has 1 atom stereocenters. The van der Waals surface area contributed by atoms with Gasteiger partial charge in [-0.15, -0.1) is 0 Å². The van der Waals surface area contributed by atoms with Gasteiger partial charge in [0.1, 0.15) is 0 Å². The molecule has 0 fully saturated rings. The van der Waals surface area contributed by atoms with Crippen LogP contribution in [0.4, 0.5) is 0 Å². The predicted octanol–water partition coefficient (Wildman–Crippen LogP) is 6.17. The summed E-state index contributed by atoms with van der Waals surface area (Å²) in [6, 6.07) is 2.02. The van der Waals surface area contributed by atoms with Gasteiger partial charge < -0.3 is 9.52 Å². The van der Waals surface area contributed by atoms with E-state index in [1.165, 1.54) is 23.1 Å². The Bertz CT molecular complexity index is 523. The second-order valence-electron chi connectivity index (χ2n) is 6.91. The minimum absolute atomic E-state index is 0.256. The van der Waals surface area contributed by atoms with E-state index >= 15 is 0 Å². The molecule has 1 aromatic heterocycles. The third kappa shape index (κ3) is 10.1. The lowest BCUT2D eigenvalue weighted by Crippen LogP contribution is -2.03. The molecule has 0 amide bonds. The third-order valence-electron chi connectivity index (χ3n) is 4.32. The molecule has 1 N–H and O–H groups in total. The molecule has 0 aliphatic heterocycles. The number of aryl methyl sites for hydroxylation is 1. The highest BCUT2D eigenvalue weighted by atomic mass is 16.4. The molecule has 3 heteroatoms. The normalized spacial score (nSPS) is 14.0. The van der Waals surface area contributed by atoms with Crippen molar-refractivity contribution in [3.05, 3.63) is 47.5 Å². The zero-order valence-corrected chi connectivity index (χ0v) is 15.4. The summed E-state index contributed by atoms with van der Waals surface area (Å²) in [5.74, 6) is -0.440. The lowest BCUT2D eigenvalue weighted by molar-refractivity contribution is -0.138. The van der Waals surface area contributed by atoms with Gasteiger partial charge in [0, 0.05) is 6.42 Å². The maximum absolute atomic E-state index is 10.6. The topological polar surface area (TPSA) is 50.4 Å². The summed E-state index contributed by atoms with van der Waals surface area (Å²) in [5, 5.41) is 8.75. The van der Waals surface area contributed by atoms with Crippen molar-refractivity contribution >= 4 is 5.97 Å². The van der Waals surface area contributed by atoms with Gasteiger partial charge in [-0.3, -0.25) is 4.79 Å². The molecule has 0 aliphatic carbocycles. The quantitative estimate of drug-likeness (QED) is 0.466. The smallest absolute Gasteiger partial charge is 0.303 e. The average molecular weight is 332 g/mol. The molecule has 0 radical (unpaired) electrons. The van der Waals surface area contributed by atoms with E-state index in [-0.39, 0.29) is 12.3 Å². The number of hydrogen-bond acceptors (Lipinski definition) is 2. The second kappa shape index (κ2) is 11.7. The van der Waals surface area contributed by atoms with Gasteiger partial charge in [0.05, 0.1) is 12.5 Å². The number of furan rings is 1. The Morgan fingerprint density at radius 1 is 1.21 bits per heavy atom. The fourth-order valence-electron chi connectivity index (χ4n) is 2.78. The maximum Gasteiger partial charge on any atom is 0.303 e. The van der Waals surface area contributed by atoms with E-state index < -0.39 is 5.97 Å². The van der Waals surface area contributed by atoms with Crippen LogP contribution in [0.25, 0.3) is 0 Å². The standard InChI is InChI=1S/C21H32O3/c1-17(9-5-11-19(3)15-21(22)23)7-4-8-18(2)10-6-12-20-13-14-24-16-20/h9-10,13-14,16,19H,4-8,11-12,15H2,1-3H3,(H,22,23)/t19-/m1/s1. The molecule has 3 nitrogen and oxygen atoms in total. The van der Waals surface area contributed by atoms with Crippen molar-refractivity contribution in [3.8, 4) is 0 Å². The first kappa shape index (κ1) is 20.3. The molecule has 1 aromatic rings. The summed E-state index contributed by atoms with van der Waals surface area (Å²) >= 11 is 0. The highest BCUT2D eigenvalue weighted by molar-refractivity contribution is 5.66. The summed E-state index contributed by atoms with van der Waals surface area (Å²) in [6.07, 6.45) is 15.9. The molecule has 24 heavy (non-hydrogen) atoms. The van der Waals surface area contributed by atoms with E-state index in [1.807, 2.05) is 19.3 Å². The molecule has 0 saturated heterocycles. The van der Waals surface area contributed by atoms with Crippen molar-refractivity contribution in [1.82, 2.24) is 0 Å². The number of aliphatic carboxylic acids is 1. The molecule has 1 rings (SSSR count). The SMILES string of the molecule is CC(=CCCc1ccoc1)CCCC(C)=CCC[C@@H](C)CC(=O)O. The Labute approximate surface area is 146 Å². The van der Waals surface area contributed by atoms with E-state index in [2.05, 4.69) is 26.0 Å². The molecule has 0 unspecified atom stereocenters. The van der Waals surface area contributed by atoms with Crippen molar-refractivity contribution in [2.75, 3.05) is 0 Å². The van der Waals surface area contributed by atoms with Gasteiger partial charge in [-0.25, -0.2) is 0 Å². The second-order valence-corrected chi connectivity index (χ2v) is 6.91. The lowest BCUT2D eigenvalue weighted by atomic mass is 9.99. The van der Waals surface area contributed by atoms with Gasteiger partial charge in [-0.1, -0.05) is 30.2 Å². The van der Waals surface area contributed by atoms with E-state index in [9.17, 15) is 4.79 Å². The van der Waals surface area contributed by atoms with Crippen LogP contribution in [-0.2, 0) is 11.2 Å².